The topological polar surface area (TPSA) is 33.7 Å². The van der Waals surface area contributed by atoms with Crippen LogP contribution in [0.25, 0.3) is 0 Å². The van der Waals surface area contributed by atoms with Gasteiger partial charge in [0.25, 0.3) is 0 Å². The molecule has 4 nitrogen and oxygen atoms in total. The standard InChI is InChI=1S/C14H18BrF3N2O2.2ClH/c1-21-11-7-9(10(15)8-12(11)22-2)13(14(16,17)18)20-5-3-19-4-6-20;;/h7-8,13,19H,3-6H2,1-2H3;2*1H/t13-;;/m1../s1. The fourth-order valence-corrected chi connectivity index (χ4v) is 3.14. The number of ether oxygens (including phenoxy) is 2. The highest BCUT2D eigenvalue weighted by Gasteiger charge is 2.46. The van der Waals surface area contributed by atoms with Crippen LogP contribution in [0.1, 0.15) is 11.6 Å². The number of nitrogens with zero attached hydrogens (tertiary/aromatic N) is 1. The first-order chi connectivity index (χ1) is 10.4. The lowest BCUT2D eigenvalue weighted by molar-refractivity contribution is -0.188. The van der Waals surface area contributed by atoms with Crippen LogP contribution in [0.3, 0.4) is 0 Å². The molecule has 140 valence electrons. The van der Waals surface area contributed by atoms with E-state index in [0.29, 0.717) is 36.4 Å². The van der Waals surface area contributed by atoms with Gasteiger partial charge < -0.3 is 14.8 Å². The highest BCUT2D eigenvalue weighted by atomic mass is 79.9. The zero-order valence-corrected chi connectivity index (χ0v) is 16.4. The maximum absolute atomic E-state index is 13.6. The average Bonchev–Trinajstić information content (AvgIpc) is 2.48. The molecule has 0 unspecified atom stereocenters. The van der Waals surface area contributed by atoms with Crippen molar-refractivity contribution < 1.29 is 22.6 Å². The summed E-state index contributed by atoms with van der Waals surface area (Å²) in [7, 11) is 2.85. The quantitative estimate of drug-likeness (QED) is 0.748. The summed E-state index contributed by atoms with van der Waals surface area (Å²) in [6.45, 7) is 1.75. The number of halogens is 6. The zero-order chi connectivity index (χ0) is 16.3. The van der Waals surface area contributed by atoms with Crippen LogP contribution in [0, 0.1) is 0 Å². The monoisotopic (exact) mass is 454 g/mol. The van der Waals surface area contributed by atoms with Gasteiger partial charge in [-0.15, -0.1) is 24.8 Å². The summed E-state index contributed by atoms with van der Waals surface area (Å²) < 4.78 is 51.5. The number of hydrogen-bond acceptors (Lipinski definition) is 4. The molecule has 1 aliphatic heterocycles. The molecule has 1 saturated heterocycles. The van der Waals surface area contributed by atoms with Gasteiger partial charge in [-0.05, 0) is 17.7 Å². The molecule has 1 fully saturated rings. The molecular formula is C14H20BrCl2F3N2O2. The van der Waals surface area contributed by atoms with Gasteiger partial charge in [-0.1, -0.05) is 15.9 Å². The molecule has 2 rings (SSSR count). The Bertz CT molecular complexity index is 529. The van der Waals surface area contributed by atoms with E-state index in [1.54, 1.807) is 0 Å². The van der Waals surface area contributed by atoms with Crippen LogP contribution in [0.15, 0.2) is 16.6 Å². The van der Waals surface area contributed by atoms with Crippen LogP contribution in [-0.4, -0.2) is 51.5 Å². The molecule has 0 aliphatic carbocycles. The first-order valence-electron chi connectivity index (χ1n) is 6.81. The number of rotatable bonds is 4. The molecule has 0 bridgehead atoms. The Kier molecular flexibility index (Phi) is 9.74. The van der Waals surface area contributed by atoms with Crippen LogP contribution >= 0.6 is 40.7 Å². The SMILES string of the molecule is COc1cc(Br)c([C@@H](N2CCNCC2)C(F)(F)F)cc1OC.Cl.Cl. The van der Waals surface area contributed by atoms with Crippen LogP contribution in [0.2, 0.25) is 0 Å². The van der Waals surface area contributed by atoms with E-state index >= 15 is 0 Å². The van der Waals surface area contributed by atoms with Crippen molar-refractivity contribution in [1.29, 1.82) is 0 Å². The lowest BCUT2D eigenvalue weighted by atomic mass is 10.0. The van der Waals surface area contributed by atoms with Gasteiger partial charge in [0.2, 0.25) is 0 Å². The Morgan fingerprint density at radius 3 is 2.04 bits per heavy atom. The summed E-state index contributed by atoms with van der Waals surface area (Å²) >= 11 is 3.23. The van der Waals surface area contributed by atoms with Gasteiger partial charge >= 0.3 is 6.18 Å². The summed E-state index contributed by atoms with van der Waals surface area (Å²) in [4.78, 5) is 1.43. The van der Waals surface area contributed by atoms with Crippen molar-refractivity contribution in [2.45, 2.75) is 12.2 Å². The Hall–Kier alpha value is -0.410. The molecule has 10 heteroatoms. The minimum absolute atomic E-state index is 0. The molecule has 1 aliphatic rings. The second-order valence-electron chi connectivity index (χ2n) is 4.96. The molecule has 1 aromatic rings. The zero-order valence-electron chi connectivity index (χ0n) is 13.2. The highest BCUT2D eigenvalue weighted by molar-refractivity contribution is 9.10. The molecule has 24 heavy (non-hydrogen) atoms. The first-order valence-corrected chi connectivity index (χ1v) is 7.60. The number of benzene rings is 1. The smallest absolute Gasteiger partial charge is 0.408 e. The lowest BCUT2D eigenvalue weighted by Crippen LogP contribution is -2.49. The number of alkyl halides is 3. The van der Waals surface area contributed by atoms with Gasteiger partial charge in [0, 0.05) is 30.7 Å². The maximum atomic E-state index is 13.6. The van der Waals surface area contributed by atoms with Crippen molar-refractivity contribution in [3.05, 3.63) is 22.2 Å². The summed E-state index contributed by atoms with van der Waals surface area (Å²) in [6, 6.07) is 1.22. The molecule has 0 aromatic heterocycles. The van der Waals surface area contributed by atoms with E-state index in [1.165, 1.54) is 31.3 Å². The number of methoxy groups -OCH3 is 2. The molecular weight excluding hydrogens is 436 g/mol. The number of piperazine rings is 1. The Morgan fingerprint density at radius 1 is 1.08 bits per heavy atom. The van der Waals surface area contributed by atoms with Gasteiger partial charge in [0.05, 0.1) is 14.2 Å². The van der Waals surface area contributed by atoms with E-state index in [0.717, 1.165) is 0 Å². The fraction of sp³-hybridized carbons (Fsp3) is 0.571. The van der Waals surface area contributed by atoms with Gasteiger partial charge in [-0.3, -0.25) is 4.90 Å². The van der Waals surface area contributed by atoms with E-state index in [1.807, 2.05) is 0 Å². The fourth-order valence-electron chi connectivity index (χ4n) is 2.60. The lowest BCUT2D eigenvalue weighted by Gasteiger charge is -2.36. The third-order valence-electron chi connectivity index (χ3n) is 3.62. The summed E-state index contributed by atoms with van der Waals surface area (Å²) in [5.74, 6) is 0.671. The minimum atomic E-state index is -4.38. The van der Waals surface area contributed by atoms with Gasteiger partial charge in [-0.2, -0.15) is 13.2 Å². The summed E-state index contributed by atoms with van der Waals surface area (Å²) in [5.41, 5.74) is 0.132. The number of hydrogen-bond donors (Lipinski definition) is 1. The molecule has 0 radical (unpaired) electrons. The second kappa shape index (κ2) is 9.91. The van der Waals surface area contributed by atoms with Crippen molar-refractivity contribution in [2.24, 2.45) is 0 Å². The largest absolute Gasteiger partial charge is 0.493 e. The Morgan fingerprint density at radius 2 is 1.58 bits per heavy atom. The maximum Gasteiger partial charge on any atom is 0.408 e. The van der Waals surface area contributed by atoms with Crippen molar-refractivity contribution in [3.63, 3.8) is 0 Å². The molecule has 1 atom stereocenters. The van der Waals surface area contributed by atoms with Gasteiger partial charge in [0.15, 0.2) is 11.5 Å². The second-order valence-corrected chi connectivity index (χ2v) is 5.81. The van der Waals surface area contributed by atoms with Crippen LogP contribution in [-0.2, 0) is 0 Å². The van der Waals surface area contributed by atoms with Crippen molar-refractivity contribution in [3.8, 4) is 11.5 Å². The van der Waals surface area contributed by atoms with Crippen molar-refractivity contribution in [1.82, 2.24) is 10.2 Å². The minimum Gasteiger partial charge on any atom is -0.493 e. The summed E-state index contributed by atoms with van der Waals surface area (Å²) in [6.07, 6.45) is -4.38. The highest BCUT2D eigenvalue weighted by Crippen LogP contribution is 2.44. The van der Waals surface area contributed by atoms with Gasteiger partial charge in [0.1, 0.15) is 6.04 Å². The molecule has 1 N–H and O–H groups in total. The summed E-state index contributed by atoms with van der Waals surface area (Å²) in [5, 5.41) is 3.06. The van der Waals surface area contributed by atoms with E-state index in [9.17, 15) is 13.2 Å². The van der Waals surface area contributed by atoms with Crippen molar-refractivity contribution >= 4 is 40.7 Å². The molecule has 0 spiro atoms. The van der Waals surface area contributed by atoms with E-state index in [-0.39, 0.29) is 36.1 Å². The Labute approximate surface area is 160 Å². The third kappa shape index (κ3) is 5.29. The molecule has 1 aromatic carbocycles. The third-order valence-corrected chi connectivity index (χ3v) is 4.31. The predicted molar refractivity (Wildman–Crippen MR) is 95.0 cm³/mol. The predicted octanol–water partition coefficient (Wildman–Crippen LogP) is 3.82. The van der Waals surface area contributed by atoms with E-state index in [2.05, 4.69) is 21.2 Å². The average molecular weight is 456 g/mol. The normalized spacial score (nSPS) is 16.6. The molecule has 1 heterocycles. The van der Waals surface area contributed by atoms with E-state index in [4.69, 9.17) is 9.47 Å². The van der Waals surface area contributed by atoms with Crippen molar-refractivity contribution in [2.75, 3.05) is 40.4 Å². The van der Waals surface area contributed by atoms with E-state index < -0.39 is 12.2 Å². The van der Waals surface area contributed by atoms with Crippen LogP contribution < -0.4 is 14.8 Å². The molecule has 0 saturated carbocycles. The Balaban J connectivity index is 0.00000264. The van der Waals surface area contributed by atoms with Crippen LogP contribution in [0.5, 0.6) is 11.5 Å². The van der Waals surface area contributed by atoms with Crippen LogP contribution in [0.4, 0.5) is 13.2 Å². The molecule has 0 amide bonds. The number of nitrogens with one attached hydrogen (secondary N) is 1. The van der Waals surface area contributed by atoms with Gasteiger partial charge in [-0.25, -0.2) is 0 Å². The first kappa shape index (κ1) is 23.6.